The minimum atomic E-state index is -0.516. The molecule has 0 aliphatic rings. The van der Waals surface area contributed by atoms with Gasteiger partial charge in [0.1, 0.15) is 0 Å². The number of nitrogens with zero attached hydrogens (tertiary/aromatic N) is 1. The van der Waals surface area contributed by atoms with E-state index in [1.807, 2.05) is 6.92 Å². The molecule has 0 radical (unpaired) electrons. The van der Waals surface area contributed by atoms with Crippen molar-refractivity contribution >= 4 is 46.3 Å². The fraction of sp³-hybridized carbons (Fsp3) is 0.455. The van der Waals surface area contributed by atoms with E-state index in [-0.39, 0.29) is 21.8 Å². The molecule has 0 bridgehead atoms. The second kappa shape index (κ2) is 7.07. The molecule has 0 aromatic heterocycles. The van der Waals surface area contributed by atoms with Crippen LogP contribution in [-0.2, 0) is 0 Å². The highest BCUT2D eigenvalue weighted by atomic mass is 35.5. The van der Waals surface area contributed by atoms with Crippen molar-refractivity contribution in [3.63, 3.8) is 0 Å². The Hall–Kier alpha value is -0.650. The lowest BCUT2D eigenvalue weighted by Crippen LogP contribution is -2.18. The molecule has 1 aromatic carbocycles. The lowest BCUT2D eigenvalue weighted by atomic mass is 10.2. The maximum absolute atomic E-state index is 10.6. The van der Waals surface area contributed by atoms with Crippen LogP contribution in [0.1, 0.15) is 13.8 Å². The molecule has 0 fully saturated rings. The molecule has 1 atom stereocenters. The van der Waals surface area contributed by atoms with Crippen LogP contribution >= 0.6 is 35.0 Å². The highest BCUT2D eigenvalue weighted by Crippen LogP contribution is 2.35. The van der Waals surface area contributed by atoms with Crippen molar-refractivity contribution in [1.29, 1.82) is 0 Å². The predicted molar refractivity (Wildman–Crippen MR) is 79.2 cm³/mol. The summed E-state index contributed by atoms with van der Waals surface area (Å²) in [7, 11) is 0. The molecule has 0 saturated heterocycles. The van der Waals surface area contributed by atoms with Gasteiger partial charge in [-0.2, -0.15) is 11.8 Å². The Morgan fingerprint density at radius 1 is 1.44 bits per heavy atom. The van der Waals surface area contributed by atoms with E-state index < -0.39 is 4.92 Å². The number of nitro groups is 1. The number of rotatable bonds is 6. The zero-order chi connectivity index (χ0) is 13.7. The summed E-state index contributed by atoms with van der Waals surface area (Å²) >= 11 is 13.8. The van der Waals surface area contributed by atoms with E-state index >= 15 is 0 Å². The Labute approximate surface area is 120 Å². The third kappa shape index (κ3) is 4.23. The van der Waals surface area contributed by atoms with Gasteiger partial charge in [-0.05, 0) is 12.7 Å². The molecule has 100 valence electrons. The average Bonchev–Trinajstić information content (AvgIpc) is 2.30. The lowest BCUT2D eigenvalue weighted by molar-refractivity contribution is -0.384. The zero-order valence-corrected chi connectivity index (χ0v) is 12.4. The van der Waals surface area contributed by atoms with Gasteiger partial charge < -0.3 is 5.32 Å². The molecule has 7 heteroatoms. The SMILES string of the molecule is CCSCC(C)Nc1c(Cl)cc([N+](=O)[O-])cc1Cl. The second-order valence-electron chi connectivity index (χ2n) is 3.75. The Kier molecular flexibility index (Phi) is 6.05. The summed E-state index contributed by atoms with van der Waals surface area (Å²) in [4.78, 5) is 10.1. The number of non-ortho nitro benzene ring substituents is 1. The van der Waals surface area contributed by atoms with E-state index in [0.717, 1.165) is 11.5 Å². The summed E-state index contributed by atoms with van der Waals surface area (Å²) in [6.45, 7) is 4.10. The number of halogens is 2. The van der Waals surface area contributed by atoms with Crippen molar-refractivity contribution in [3.8, 4) is 0 Å². The fourth-order valence-electron chi connectivity index (χ4n) is 1.39. The molecule has 0 aliphatic carbocycles. The summed E-state index contributed by atoms with van der Waals surface area (Å²) in [5, 5.41) is 14.3. The van der Waals surface area contributed by atoms with Crippen LogP contribution in [0.4, 0.5) is 11.4 Å². The molecular weight excluding hydrogens is 295 g/mol. The Morgan fingerprint density at radius 2 is 2.00 bits per heavy atom. The molecule has 0 heterocycles. The molecule has 1 rings (SSSR count). The third-order valence-electron chi connectivity index (χ3n) is 2.20. The molecule has 18 heavy (non-hydrogen) atoms. The number of anilines is 1. The molecular formula is C11H14Cl2N2O2S. The quantitative estimate of drug-likeness (QED) is 0.623. The van der Waals surface area contributed by atoms with Gasteiger partial charge in [0.25, 0.3) is 5.69 Å². The van der Waals surface area contributed by atoms with Gasteiger partial charge in [0.2, 0.25) is 0 Å². The van der Waals surface area contributed by atoms with Crippen LogP contribution in [0.2, 0.25) is 10.0 Å². The molecule has 0 spiro atoms. The lowest BCUT2D eigenvalue weighted by Gasteiger charge is -2.16. The topological polar surface area (TPSA) is 55.2 Å². The third-order valence-corrected chi connectivity index (χ3v) is 3.94. The smallest absolute Gasteiger partial charge is 0.272 e. The number of nitro benzene ring substituents is 1. The monoisotopic (exact) mass is 308 g/mol. The Balaban J connectivity index is 2.86. The Morgan fingerprint density at radius 3 is 2.44 bits per heavy atom. The first-order valence-electron chi connectivity index (χ1n) is 5.43. The van der Waals surface area contributed by atoms with Crippen LogP contribution in [0.3, 0.4) is 0 Å². The van der Waals surface area contributed by atoms with E-state index in [0.29, 0.717) is 5.69 Å². The molecule has 0 saturated carbocycles. The van der Waals surface area contributed by atoms with Gasteiger partial charge in [-0.15, -0.1) is 0 Å². The van der Waals surface area contributed by atoms with Crippen LogP contribution < -0.4 is 5.32 Å². The highest BCUT2D eigenvalue weighted by molar-refractivity contribution is 7.99. The van der Waals surface area contributed by atoms with E-state index in [4.69, 9.17) is 23.2 Å². The van der Waals surface area contributed by atoms with E-state index in [1.165, 1.54) is 12.1 Å². The Bertz CT molecular complexity index is 420. The second-order valence-corrected chi connectivity index (χ2v) is 5.88. The van der Waals surface area contributed by atoms with Crippen molar-refractivity contribution in [1.82, 2.24) is 0 Å². The van der Waals surface area contributed by atoms with Crippen LogP contribution in [0.15, 0.2) is 12.1 Å². The average molecular weight is 309 g/mol. The highest BCUT2D eigenvalue weighted by Gasteiger charge is 2.15. The fourth-order valence-corrected chi connectivity index (χ4v) is 2.64. The first-order chi connectivity index (χ1) is 8.45. The van der Waals surface area contributed by atoms with E-state index in [1.54, 1.807) is 11.8 Å². The molecule has 1 aromatic rings. The number of hydrogen-bond acceptors (Lipinski definition) is 4. The van der Waals surface area contributed by atoms with Crippen LogP contribution in [0, 0.1) is 10.1 Å². The summed E-state index contributed by atoms with van der Waals surface area (Å²) < 4.78 is 0. The first kappa shape index (κ1) is 15.4. The number of benzene rings is 1. The number of thioether (sulfide) groups is 1. The molecule has 0 amide bonds. The van der Waals surface area contributed by atoms with Crippen molar-refractivity contribution in [3.05, 3.63) is 32.3 Å². The van der Waals surface area contributed by atoms with Crippen LogP contribution in [0.25, 0.3) is 0 Å². The van der Waals surface area contributed by atoms with Gasteiger partial charge in [-0.25, -0.2) is 0 Å². The van der Waals surface area contributed by atoms with Gasteiger partial charge in [-0.3, -0.25) is 10.1 Å². The van der Waals surface area contributed by atoms with Crippen LogP contribution in [-0.4, -0.2) is 22.5 Å². The standard InChI is InChI=1S/C11H14Cl2N2O2S/c1-3-18-6-7(2)14-11-9(12)4-8(15(16)17)5-10(11)13/h4-5,7,14H,3,6H2,1-2H3. The van der Waals surface area contributed by atoms with Gasteiger partial charge >= 0.3 is 0 Å². The van der Waals surface area contributed by atoms with Crippen LogP contribution in [0.5, 0.6) is 0 Å². The van der Waals surface area contributed by atoms with E-state index in [9.17, 15) is 10.1 Å². The maximum Gasteiger partial charge on any atom is 0.272 e. The maximum atomic E-state index is 10.6. The molecule has 1 unspecified atom stereocenters. The van der Waals surface area contributed by atoms with Crippen molar-refractivity contribution < 1.29 is 4.92 Å². The summed E-state index contributed by atoms with van der Waals surface area (Å²) in [6.07, 6.45) is 0. The van der Waals surface area contributed by atoms with Gasteiger partial charge in [0, 0.05) is 23.9 Å². The van der Waals surface area contributed by atoms with Gasteiger partial charge in [0.05, 0.1) is 20.7 Å². The molecule has 0 aliphatic heterocycles. The van der Waals surface area contributed by atoms with Gasteiger partial charge in [0.15, 0.2) is 0 Å². The van der Waals surface area contributed by atoms with Gasteiger partial charge in [-0.1, -0.05) is 30.1 Å². The normalized spacial score (nSPS) is 12.2. The van der Waals surface area contributed by atoms with Crippen molar-refractivity contribution in [2.75, 3.05) is 16.8 Å². The minimum Gasteiger partial charge on any atom is -0.379 e. The number of nitrogens with one attached hydrogen (secondary N) is 1. The largest absolute Gasteiger partial charge is 0.379 e. The number of hydrogen-bond donors (Lipinski definition) is 1. The van der Waals surface area contributed by atoms with Crippen molar-refractivity contribution in [2.45, 2.75) is 19.9 Å². The summed E-state index contributed by atoms with van der Waals surface area (Å²) in [5.74, 6) is 1.95. The molecule has 1 N–H and O–H groups in total. The first-order valence-corrected chi connectivity index (χ1v) is 7.34. The molecule has 4 nitrogen and oxygen atoms in total. The summed E-state index contributed by atoms with van der Waals surface area (Å²) in [5.41, 5.74) is 0.444. The van der Waals surface area contributed by atoms with E-state index in [2.05, 4.69) is 12.2 Å². The predicted octanol–water partition coefficient (Wildman–Crippen LogP) is 4.46. The zero-order valence-electron chi connectivity index (χ0n) is 10.1. The van der Waals surface area contributed by atoms with Crippen molar-refractivity contribution in [2.24, 2.45) is 0 Å². The minimum absolute atomic E-state index is 0.105. The summed E-state index contributed by atoms with van der Waals surface area (Å²) in [6, 6.07) is 2.79.